The number of amides is 1. The third kappa shape index (κ3) is 3.69. The Labute approximate surface area is 139 Å². The molecule has 0 radical (unpaired) electrons. The Morgan fingerprint density at radius 3 is 2.57 bits per heavy atom. The molecule has 1 aromatic rings. The van der Waals surface area contributed by atoms with Gasteiger partial charge >= 0.3 is 0 Å². The van der Waals surface area contributed by atoms with Gasteiger partial charge in [-0.3, -0.25) is 9.59 Å². The standard InChI is InChI=1S/C17H17N3O2S/c1-10-13(8-18)17(23-9-14(19)21)20-11(2)15(10)16(22)12-6-4-3-5-7-12/h3-7,10,15H,9H2,1-2H3,(H2,19,21)/t10-,15-/m1/s1. The minimum Gasteiger partial charge on any atom is -0.369 e. The van der Waals surface area contributed by atoms with E-state index in [2.05, 4.69) is 11.1 Å². The van der Waals surface area contributed by atoms with Crippen LogP contribution in [0.1, 0.15) is 24.2 Å². The van der Waals surface area contributed by atoms with Gasteiger partial charge in [0.1, 0.15) is 5.03 Å². The molecule has 0 bridgehead atoms. The van der Waals surface area contributed by atoms with Crippen LogP contribution in [0, 0.1) is 23.2 Å². The van der Waals surface area contributed by atoms with E-state index < -0.39 is 11.8 Å². The molecule has 0 saturated heterocycles. The van der Waals surface area contributed by atoms with Gasteiger partial charge in [-0.25, -0.2) is 4.99 Å². The molecule has 23 heavy (non-hydrogen) atoms. The minimum atomic E-state index is -0.470. The smallest absolute Gasteiger partial charge is 0.227 e. The van der Waals surface area contributed by atoms with Gasteiger partial charge in [0.05, 0.1) is 23.3 Å². The maximum absolute atomic E-state index is 12.8. The lowest BCUT2D eigenvalue weighted by Gasteiger charge is -2.27. The maximum Gasteiger partial charge on any atom is 0.227 e. The number of thioether (sulfide) groups is 1. The predicted octanol–water partition coefficient (Wildman–Crippen LogP) is 2.55. The number of carbonyl (C=O) groups excluding carboxylic acids is 2. The van der Waals surface area contributed by atoms with Crippen molar-refractivity contribution in [1.82, 2.24) is 0 Å². The van der Waals surface area contributed by atoms with E-state index in [4.69, 9.17) is 5.73 Å². The second kappa shape index (κ2) is 7.25. The van der Waals surface area contributed by atoms with Gasteiger partial charge in [0.15, 0.2) is 5.78 Å². The van der Waals surface area contributed by atoms with E-state index in [9.17, 15) is 14.9 Å². The van der Waals surface area contributed by atoms with Crippen molar-refractivity contribution in [3.05, 3.63) is 46.5 Å². The van der Waals surface area contributed by atoms with Crippen molar-refractivity contribution in [2.45, 2.75) is 13.8 Å². The van der Waals surface area contributed by atoms with Crippen molar-refractivity contribution in [2.24, 2.45) is 22.6 Å². The Kier molecular flexibility index (Phi) is 5.35. The van der Waals surface area contributed by atoms with E-state index in [1.807, 2.05) is 25.1 Å². The number of rotatable bonds is 5. The van der Waals surface area contributed by atoms with Crippen LogP contribution in [0.25, 0.3) is 0 Å². The second-order valence-electron chi connectivity index (χ2n) is 5.34. The van der Waals surface area contributed by atoms with E-state index in [0.29, 0.717) is 21.9 Å². The third-order valence-corrected chi connectivity index (χ3v) is 4.74. The lowest BCUT2D eigenvalue weighted by Crippen LogP contribution is -2.32. The summed E-state index contributed by atoms with van der Waals surface area (Å²) in [6.07, 6.45) is 0. The molecule has 0 fully saturated rings. The maximum atomic E-state index is 12.8. The first kappa shape index (κ1) is 17.0. The summed E-state index contributed by atoms with van der Waals surface area (Å²) >= 11 is 1.14. The Morgan fingerprint density at radius 1 is 1.35 bits per heavy atom. The van der Waals surface area contributed by atoms with Gasteiger partial charge in [0.25, 0.3) is 0 Å². The van der Waals surface area contributed by atoms with Gasteiger partial charge in [0.2, 0.25) is 5.91 Å². The van der Waals surface area contributed by atoms with E-state index in [1.54, 1.807) is 19.1 Å². The molecular weight excluding hydrogens is 310 g/mol. The molecule has 1 aliphatic rings. The summed E-state index contributed by atoms with van der Waals surface area (Å²) in [5.74, 6) is -1.22. The average Bonchev–Trinajstić information content (AvgIpc) is 2.53. The van der Waals surface area contributed by atoms with Gasteiger partial charge in [-0.15, -0.1) is 0 Å². The predicted molar refractivity (Wildman–Crippen MR) is 90.8 cm³/mol. The molecule has 0 saturated carbocycles. The molecule has 6 heteroatoms. The van der Waals surface area contributed by atoms with Crippen LogP contribution in [0.2, 0.25) is 0 Å². The zero-order valence-corrected chi connectivity index (χ0v) is 13.8. The number of allylic oxidation sites excluding steroid dienone is 1. The number of carbonyl (C=O) groups is 2. The molecule has 0 spiro atoms. The van der Waals surface area contributed by atoms with E-state index in [-0.39, 0.29) is 17.5 Å². The Balaban J connectivity index is 2.34. The van der Waals surface area contributed by atoms with Crippen LogP contribution in [0.3, 0.4) is 0 Å². The fourth-order valence-corrected chi connectivity index (χ4v) is 3.49. The molecule has 1 heterocycles. The van der Waals surface area contributed by atoms with E-state index >= 15 is 0 Å². The van der Waals surface area contributed by atoms with Crippen LogP contribution in [-0.4, -0.2) is 23.2 Å². The number of nitrogens with zero attached hydrogens (tertiary/aromatic N) is 2. The van der Waals surface area contributed by atoms with Crippen LogP contribution in [0.5, 0.6) is 0 Å². The molecule has 118 valence electrons. The molecule has 0 unspecified atom stereocenters. The van der Waals surface area contributed by atoms with Crippen molar-refractivity contribution in [3.8, 4) is 6.07 Å². The number of Topliss-reactive ketones (excluding diaryl/α,β-unsaturated/α-hetero) is 1. The average molecular weight is 327 g/mol. The first-order valence-electron chi connectivity index (χ1n) is 7.15. The van der Waals surface area contributed by atoms with Gasteiger partial charge in [-0.1, -0.05) is 49.0 Å². The van der Waals surface area contributed by atoms with Crippen molar-refractivity contribution in [1.29, 1.82) is 5.26 Å². The number of nitriles is 1. The third-order valence-electron chi connectivity index (χ3n) is 3.73. The van der Waals surface area contributed by atoms with Crippen molar-refractivity contribution in [3.63, 3.8) is 0 Å². The molecule has 1 aromatic carbocycles. The van der Waals surface area contributed by atoms with Gasteiger partial charge in [-0.05, 0) is 6.92 Å². The molecule has 2 rings (SSSR count). The van der Waals surface area contributed by atoms with Crippen molar-refractivity contribution < 1.29 is 9.59 Å². The SMILES string of the molecule is CC1=NC(SCC(N)=O)=C(C#N)[C@@H](C)[C@H]1C(=O)c1ccccc1. The lowest BCUT2D eigenvalue weighted by molar-refractivity contribution is -0.115. The van der Waals surface area contributed by atoms with Crippen LogP contribution < -0.4 is 5.73 Å². The number of nitrogens with two attached hydrogens (primary N) is 1. The van der Waals surface area contributed by atoms with Gasteiger partial charge in [0, 0.05) is 17.2 Å². The van der Waals surface area contributed by atoms with Crippen LogP contribution in [-0.2, 0) is 4.79 Å². The minimum absolute atomic E-state index is 0.0500. The van der Waals surface area contributed by atoms with Crippen molar-refractivity contribution in [2.75, 3.05) is 5.75 Å². The number of ketones is 1. The summed E-state index contributed by atoms with van der Waals surface area (Å²) in [5.41, 5.74) is 6.83. The summed E-state index contributed by atoms with van der Waals surface area (Å²) in [6.45, 7) is 3.62. The monoisotopic (exact) mass is 327 g/mol. The Hall–Kier alpha value is -2.39. The molecule has 2 atom stereocenters. The first-order valence-corrected chi connectivity index (χ1v) is 8.14. The molecule has 1 aliphatic heterocycles. The van der Waals surface area contributed by atoms with Crippen molar-refractivity contribution >= 4 is 29.2 Å². The van der Waals surface area contributed by atoms with E-state index in [0.717, 1.165) is 11.8 Å². The molecule has 0 aromatic heterocycles. The highest BCUT2D eigenvalue weighted by molar-refractivity contribution is 8.03. The zero-order valence-electron chi connectivity index (χ0n) is 12.9. The fourth-order valence-electron chi connectivity index (χ4n) is 2.61. The van der Waals surface area contributed by atoms with Crippen LogP contribution in [0.15, 0.2) is 45.9 Å². The highest BCUT2D eigenvalue weighted by atomic mass is 32.2. The summed E-state index contributed by atoms with van der Waals surface area (Å²) < 4.78 is 0. The summed E-state index contributed by atoms with van der Waals surface area (Å²) in [5, 5.41) is 9.92. The summed E-state index contributed by atoms with van der Waals surface area (Å²) in [7, 11) is 0. The second-order valence-corrected chi connectivity index (χ2v) is 6.30. The zero-order chi connectivity index (χ0) is 17.0. The molecular formula is C17H17N3O2S. The summed E-state index contributed by atoms with van der Waals surface area (Å²) in [6, 6.07) is 11.1. The quantitative estimate of drug-likeness (QED) is 0.840. The highest BCUT2D eigenvalue weighted by Gasteiger charge is 2.35. The molecule has 0 aliphatic carbocycles. The Morgan fingerprint density at radius 2 is 2.00 bits per heavy atom. The normalized spacial score (nSPS) is 20.7. The largest absolute Gasteiger partial charge is 0.369 e. The topological polar surface area (TPSA) is 96.3 Å². The highest BCUT2D eigenvalue weighted by Crippen LogP contribution is 2.36. The molecule has 1 amide bonds. The Bertz CT molecular complexity index is 732. The number of benzene rings is 1. The van der Waals surface area contributed by atoms with Gasteiger partial charge in [-0.2, -0.15) is 5.26 Å². The van der Waals surface area contributed by atoms with Crippen LogP contribution in [0.4, 0.5) is 0 Å². The number of primary amides is 1. The number of aliphatic imine (C=N–C) groups is 1. The van der Waals surface area contributed by atoms with E-state index in [1.165, 1.54) is 0 Å². The fraction of sp³-hybridized carbons (Fsp3) is 0.294. The molecule has 5 nitrogen and oxygen atoms in total. The first-order chi connectivity index (χ1) is 11.0. The number of hydrogen-bond donors (Lipinski definition) is 1. The number of hydrogen-bond acceptors (Lipinski definition) is 5. The van der Waals surface area contributed by atoms with Crippen LogP contribution >= 0.6 is 11.8 Å². The van der Waals surface area contributed by atoms with Gasteiger partial charge < -0.3 is 5.73 Å². The summed E-state index contributed by atoms with van der Waals surface area (Å²) in [4.78, 5) is 28.1. The lowest BCUT2D eigenvalue weighted by atomic mass is 9.78. The molecule has 2 N–H and O–H groups in total.